The Morgan fingerprint density at radius 1 is 1.43 bits per heavy atom. The van der Waals surface area contributed by atoms with E-state index in [4.69, 9.17) is 0 Å². The number of aromatic hydroxyl groups is 1. The normalized spacial score (nSPS) is 36.0. The van der Waals surface area contributed by atoms with Gasteiger partial charge in [-0.25, -0.2) is 0 Å². The summed E-state index contributed by atoms with van der Waals surface area (Å²) < 4.78 is 0. The summed E-state index contributed by atoms with van der Waals surface area (Å²) in [4.78, 5) is 14.5. The Morgan fingerprint density at radius 3 is 3.09 bits per heavy atom. The van der Waals surface area contributed by atoms with Crippen molar-refractivity contribution in [1.82, 2.24) is 4.90 Å². The fourth-order valence-corrected chi connectivity index (χ4v) is 5.50. The molecule has 1 aromatic carbocycles. The van der Waals surface area contributed by atoms with Crippen LogP contribution in [0, 0.1) is 5.92 Å². The molecule has 118 valence electrons. The molecule has 0 saturated carbocycles. The highest BCUT2D eigenvalue weighted by Gasteiger charge is 2.61. The molecule has 4 heteroatoms. The minimum atomic E-state index is -0.139. The van der Waals surface area contributed by atoms with Crippen LogP contribution in [0.1, 0.15) is 25.3 Å². The molecule has 2 fully saturated rings. The number of aldehydes is 1. The molecule has 2 saturated heterocycles. The van der Waals surface area contributed by atoms with Crippen LogP contribution in [0.2, 0.25) is 0 Å². The third kappa shape index (κ3) is 1.39. The number of anilines is 1. The number of rotatable bonds is 1. The van der Waals surface area contributed by atoms with E-state index in [2.05, 4.69) is 29.3 Å². The second-order valence-electron chi connectivity index (χ2n) is 7.13. The number of benzene rings is 1. The molecule has 2 N–H and O–H groups in total. The first-order valence-corrected chi connectivity index (χ1v) is 8.39. The molecule has 1 aromatic rings. The zero-order valence-electron chi connectivity index (χ0n) is 13.2. The van der Waals surface area contributed by atoms with Crippen LogP contribution in [0.3, 0.4) is 0 Å². The van der Waals surface area contributed by atoms with E-state index in [1.807, 2.05) is 6.07 Å². The van der Waals surface area contributed by atoms with Gasteiger partial charge < -0.3 is 10.4 Å². The molecule has 0 aromatic heterocycles. The van der Waals surface area contributed by atoms with E-state index in [9.17, 15) is 9.90 Å². The molecule has 2 bridgehead atoms. The molecule has 3 atom stereocenters. The second-order valence-corrected chi connectivity index (χ2v) is 7.13. The average molecular weight is 308 g/mol. The first-order chi connectivity index (χ1) is 11.2. The van der Waals surface area contributed by atoms with Crippen LogP contribution < -0.4 is 5.32 Å². The van der Waals surface area contributed by atoms with Crippen LogP contribution in [0.5, 0.6) is 5.75 Å². The zero-order chi connectivity index (χ0) is 15.8. The zero-order valence-corrected chi connectivity index (χ0v) is 13.2. The maximum absolute atomic E-state index is 12.0. The number of fused-ring (bicyclic) bond motifs is 2. The molecule has 1 spiro atoms. The van der Waals surface area contributed by atoms with E-state index < -0.39 is 0 Å². The highest BCUT2D eigenvalue weighted by atomic mass is 16.3. The lowest BCUT2D eigenvalue weighted by Crippen LogP contribution is -2.52. The Kier molecular flexibility index (Phi) is 2.48. The van der Waals surface area contributed by atoms with E-state index in [1.165, 1.54) is 11.1 Å². The van der Waals surface area contributed by atoms with E-state index in [0.29, 0.717) is 6.04 Å². The van der Waals surface area contributed by atoms with Crippen molar-refractivity contribution in [2.24, 2.45) is 5.92 Å². The van der Waals surface area contributed by atoms with Crippen molar-refractivity contribution < 1.29 is 9.90 Å². The van der Waals surface area contributed by atoms with Crippen LogP contribution in [0.15, 0.2) is 41.1 Å². The minimum absolute atomic E-state index is 0.139. The quantitative estimate of drug-likeness (QED) is 0.476. The third-order valence-corrected chi connectivity index (χ3v) is 6.48. The number of hydrogen-bond acceptors (Lipinski definition) is 4. The summed E-state index contributed by atoms with van der Waals surface area (Å²) in [6.45, 7) is 4.08. The number of nitrogens with zero attached hydrogens (tertiary/aromatic N) is 1. The number of phenols is 1. The van der Waals surface area contributed by atoms with Crippen LogP contribution in [0.25, 0.3) is 0 Å². The molecule has 4 aliphatic rings. The van der Waals surface area contributed by atoms with Gasteiger partial charge in [0.2, 0.25) is 0 Å². The summed E-state index contributed by atoms with van der Waals surface area (Å²) in [6.07, 6.45) is 5.24. The van der Waals surface area contributed by atoms with E-state index in [-0.39, 0.29) is 17.1 Å². The van der Waals surface area contributed by atoms with Crippen molar-refractivity contribution in [3.05, 3.63) is 46.7 Å². The SMILES string of the molecule is C/C=C1\CN2CC[C@]34C(=C(C=O)[C@H]1C[C@@H]23)Nc1c(O)cccc14. The van der Waals surface area contributed by atoms with Gasteiger partial charge in [-0.15, -0.1) is 0 Å². The molecule has 0 unspecified atom stereocenters. The largest absolute Gasteiger partial charge is 0.506 e. The van der Waals surface area contributed by atoms with E-state index >= 15 is 0 Å². The van der Waals surface area contributed by atoms with Crippen molar-refractivity contribution in [1.29, 1.82) is 0 Å². The Balaban J connectivity index is 1.84. The number of para-hydroxylation sites is 1. The first-order valence-electron chi connectivity index (χ1n) is 8.39. The van der Waals surface area contributed by atoms with Gasteiger partial charge in [-0.3, -0.25) is 9.69 Å². The van der Waals surface area contributed by atoms with Crippen LogP contribution in [-0.4, -0.2) is 35.4 Å². The molecule has 4 nitrogen and oxygen atoms in total. The fraction of sp³-hybridized carbons (Fsp3) is 0.421. The van der Waals surface area contributed by atoms with Crippen molar-refractivity contribution >= 4 is 12.0 Å². The lowest BCUT2D eigenvalue weighted by atomic mass is 9.62. The Bertz CT molecular complexity index is 795. The van der Waals surface area contributed by atoms with Crippen LogP contribution in [0.4, 0.5) is 5.69 Å². The summed E-state index contributed by atoms with van der Waals surface area (Å²) >= 11 is 0. The van der Waals surface area contributed by atoms with Gasteiger partial charge in [0.05, 0.1) is 11.1 Å². The smallest absolute Gasteiger partial charge is 0.148 e. The van der Waals surface area contributed by atoms with Crippen molar-refractivity contribution in [3.8, 4) is 5.75 Å². The van der Waals surface area contributed by atoms with E-state index in [1.54, 1.807) is 6.07 Å². The number of nitrogens with one attached hydrogen (secondary N) is 1. The maximum Gasteiger partial charge on any atom is 0.148 e. The number of phenolic OH excluding ortho intramolecular Hbond substituents is 1. The van der Waals surface area contributed by atoms with Gasteiger partial charge in [0.1, 0.15) is 12.0 Å². The topological polar surface area (TPSA) is 52.6 Å². The maximum atomic E-state index is 12.0. The van der Waals surface area contributed by atoms with E-state index in [0.717, 1.165) is 49.2 Å². The molecule has 23 heavy (non-hydrogen) atoms. The highest BCUT2D eigenvalue weighted by molar-refractivity contribution is 5.86. The number of carbonyl (C=O) groups is 1. The molecule has 0 amide bonds. The fourth-order valence-electron chi connectivity index (χ4n) is 5.50. The molecule has 5 rings (SSSR count). The molecule has 0 radical (unpaired) electrons. The Morgan fingerprint density at radius 2 is 2.30 bits per heavy atom. The van der Waals surface area contributed by atoms with Crippen molar-refractivity contribution in [2.45, 2.75) is 31.2 Å². The van der Waals surface area contributed by atoms with Gasteiger partial charge in [0, 0.05) is 36.3 Å². The van der Waals surface area contributed by atoms with Gasteiger partial charge in [-0.05, 0) is 31.4 Å². The summed E-state index contributed by atoms with van der Waals surface area (Å²) in [7, 11) is 0. The summed E-state index contributed by atoms with van der Waals surface area (Å²) in [5, 5.41) is 13.7. The predicted molar refractivity (Wildman–Crippen MR) is 88.3 cm³/mol. The second kappa shape index (κ2) is 4.26. The molecule has 3 aliphatic heterocycles. The number of piperidine rings is 1. The molecule has 3 heterocycles. The average Bonchev–Trinajstić information content (AvgIpc) is 3.12. The number of carbonyl (C=O) groups excluding carboxylic acids is 1. The van der Waals surface area contributed by atoms with Crippen LogP contribution >= 0.6 is 0 Å². The summed E-state index contributed by atoms with van der Waals surface area (Å²) in [5.41, 5.74) is 5.13. The van der Waals surface area contributed by atoms with Gasteiger partial charge in [0.25, 0.3) is 0 Å². The lowest BCUT2D eigenvalue weighted by Gasteiger charge is -2.48. The monoisotopic (exact) mass is 308 g/mol. The van der Waals surface area contributed by atoms with Gasteiger partial charge >= 0.3 is 0 Å². The molecular weight excluding hydrogens is 288 g/mol. The number of hydrogen-bond donors (Lipinski definition) is 2. The summed E-state index contributed by atoms with van der Waals surface area (Å²) in [5.74, 6) is 0.507. The minimum Gasteiger partial charge on any atom is -0.506 e. The summed E-state index contributed by atoms with van der Waals surface area (Å²) in [6, 6.07) is 6.18. The van der Waals surface area contributed by atoms with Crippen molar-refractivity contribution in [3.63, 3.8) is 0 Å². The lowest BCUT2D eigenvalue weighted by molar-refractivity contribution is -0.105. The Hall–Kier alpha value is -2.07. The molecule has 1 aliphatic carbocycles. The third-order valence-electron chi connectivity index (χ3n) is 6.48. The van der Waals surface area contributed by atoms with Gasteiger partial charge in [0.15, 0.2) is 0 Å². The van der Waals surface area contributed by atoms with Crippen LogP contribution in [-0.2, 0) is 10.2 Å². The molecular formula is C19H20N2O2. The van der Waals surface area contributed by atoms with Crippen molar-refractivity contribution in [2.75, 3.05) is 18.4 Å². The van der Waals surface area contributed by atoms with Gasteiger partial charge in [-0.2, -0.15) is 0 Å². The van der Waals surface area contributed by atoms with Gasteiger partial charge in [-0.1, -0.05) is 23.8 Å². The number of allylic oxidation sites excluding steroid dienone is 2. The predicted octanol–water partition coefficient (Wildman–Crippen LogP) is 2.56. The first kappa shape index (κ1) is 13.4. The highest BCUT2D eigenvalue weighted by Crippen LogP contribution is 2.61. The Labute approximate surface area is 135 Å². The standard InChI is InChI=1S/C19H20N2O2/c1-2-11-9-21-7-6-19-14-4-3-5-15(23)17(14)20-18(19)13(10-22)12(11)8-16(19)21/h2-5,10,12,16,20,23H,6-9H2,1H3/b11-2+/t12-,16+,19+/m0/s1.